The average molecular weight is 202 g/mol. The SMILES string of the molecule is CN[C@@H](C=O)Cc1c[nH]c2ccccc12. The molecule has 0 saturated heterocycles. The lowest BCUT2D eigenvalue weighted by Crippen LogP contribution is -2.28. The van der Waals surface area contributed by atoms with Gasteiger partial charge in [-0.25, -0.2) is 0 Å². The summed E-state index contributed by atoms with van der Waals surface area (Å²) in [7, 11) is 1.80. The maximum Gasteiger partial charge on any atom is 0.137 e. The molecule has 0 unspecified atom stereocenters. The summed E-state index contributed by atoms with van der Waals surface area (Å²) in [5, 5.41) is 4.17. The van der Waals surface area contributed by atoms with E-state index in [4.69, 9.17) is 0 Å². The second-order valence-corrected chi connectivity index (χ2v) is 3.59. The molecule has 0 aliphatic carbocycles. The van der Waals surface area contributed by atoms with Crippen molar-refractivity contribution in [2.45, 2.75) is 12.5 Å². The Hall–Kier alpha value is -1.61. The molecule has 2 N–H and O–H groups in total. The van der Waals surface area contributed by atoms with Crippen molar-refractivity contribution in [3.05, 3.63) is 36.0 Å². The highest BCUT2D eigenvalue weighted by Gasteiger charge is 2.09. The lowest BCUT2D eigenvalue weighted by atomic mass is 10.1. The first kappa shape index (κ1) is 9.93. The number of fused-ring (bicyclic) bond motifs is 1. The number of hydrogen-bond acceptors (Lipinski definition) is 2. The summed E-state index contributed by atoms with van der Waals surface area (Å²) in [4.78, 5) is 13.9. The number of rotatable bonds is 4. The molecule has 0 aliphatic heterocycles. The topological polar surface area (TPSA) is 44.9 Å². The molecule has 0 bridgehead atoms. The van der Waals surface area contributed by atoms with E-state index < -0.39 is 0 Å². The fourth-order valence-corrected chi connectivity index (χ4v) is 1.76. The summed E-state index contributed by atoms with van der Waals surface area (Å²) < 4.78 is 0. The smallest absolute Gasteiger partial charge is 0.137 e. The van der Waals surface area contributed by atoms with Crippen molar-refractivity contribution in [2.75, 3.05) is 7.05 Å². The van der Waals surface area contributed by atoms with Crippen molar-refractivity contribution >= 4 is 17.2 Å². The van der Waals surface area contributed by atoms with E-state index in [1.165, 1.54) is 10.9 Å². The summed E-state index contributed by atoms with van der Waals surface area (Å²) in [6, 6.07) is 8.00. The highest BCUT2D eigenvalue weighted by Crippen LogP contribution is 2.18. The maximum absolute atomic E-state index is 10.7. The van der Waals surface area contributed by atoms with E-state index in [1.807, 2.05) is 24.4 Å². The molecular weight excluding hydrogens is 188 g/mol. The zero-order valence-electron chi connectivity index (χ0n) is 8.66. The molecule has 15 heavy (non-hydrogen) atoms. The van der Waals surface area contributed by atoms with E-state index in [9.17, 15) is 4.79 Å². The first-order valence-electron chi connectivity index (χ1n) is 5.02. The van der Waals surface area contributed by atoms with Gasteiger partial charge in [-0.2, -0.15) is 0 Å². The van der Waals surface area contributed by atoms with Crippen molar-refractivity contribution in [1.29, 1.82) is 0 Å². The van der Waals surface area contributed by atoms with Gasteiger partial charge in [-0.15, -0.1) is 0 Å². The van der Waals surface area contributed by atoms with Crippen LogP contribution in [0.4, 0.5) is 0 Å². The van der Waals surface area contributed by atoms with Gasteiger partial charge in [0.1, 0.15) is 6.29 Å². The van der Waals surface area contributed by atoms with Crippen LogP contribution in [0.5, 0.6) is 0 Å². The van der Waals surface area contributed by atoms with Gasteiger partial charge in [0.25, 0.3) is 0 Å². The molecule has 0 fully saturated rings. The van der Waals surface area contributed by atoms with Crippen LogP contribution in [0.3, 0.4) is 0 Å². The van der Waals surface area contributed by atoms with E-state index >= 15 is 0 Å². The summed E-state index contributed by atoms with van der Waals surface area (Å²) in [6.07, 6.45) is 3.64. The molecule has 3 heteroatoms. The molecule has 2 aromatic rings. The lowest BCUT2D eigenvalue weighted by Gasteiger charge is -2.07. The number of para-hydroxylation sites is 1. The van der Waals surface area contributed by atoms with Gasteiger partial charge in [0.05, 0.1) is 6.04 Å². The predicted molar refractivity (Wildman–Crippen MR) is 60.9 cm³/mol. The Balaban J connectivity index is 2.32. The number of nitrogens with one attached hydrogen (secondary N) is 2. The fraction of sp³-hybridized carbons (Fsp3) is 0.250. The summed E-state index contributed by atoms with van der Waals surface area (Å²) >= 11 is 0. The third kappa shape index (κ3) is 1.92. The largest absolute Gasteiger partial charge is 0.361 e. The van der Waals surface area contributed by atoms with E-state index in [0.29, 0.717) is 0 Å². The van der Waals surface area contributed by atoms with Gasteiger partial charge in [0.15, 0.2) is 0 Å². The summed E-state index contributed by atoms with van der Waals surface area (Å²) in [6.45, 7) is 0. The van der Waals surface area contributed by atoms with Gasteiger partial charge in [0.2, 0.25) is 0 Å². The van der Waals surface area contributed by atoms with Crippen molar-refractivity contribution in [3.63, 3.8) is 0 Å². The minimum atomic E-state index is -0.107. The second kappa shape index (κ2) is 4.28. The highest BCUT2D eigenvalue weighted by molar-refractivity contribution is 5.83. The Morgan fingerprint density at radius 2 is 2.27 bits per heavy atom. The van der Waals surface area contributed by atoms with Gasteiger partial charge in [-0.3, -0.25) is 0 Å². The molecule has 3 nitrogen and oxygen atoms in total. The van der Waals surface area contributed by atoms with E-state index in [-0.39, 0.29) is 6.04 Å². The Labute approximate surface area is 88.5 Å². The first-order valence-corrected chi connectivity index (χ1v) is 5.02. The molecule has 0 aliphatic rings. The maximum atomic E-state index is 10.7. The van der Waals surface area contributed by atoms with Crippen LogP contribution in [-0.4, -0.2) is 24.4 Å². The van der Waals surface area contributed by atoms with Gasteiger partial charge in [0, 0.05) is 17.1 Å². The fourth-order valence-electron chi connectivity index (χ4n) is 1.76. The Bertz CT molecular complexity index is 461. The van der Waals surface area contributed by atoms with Crippen LogP contribution >= 0.6 is 0 Å². The molecule has 1 atom stereocenters. The minimum Gasteiger partial charge on any atom is -0.361 e. The van der Waals surface area contributed by atoms with Crippen molar-refractivity contribution in [3.8, 4) is 0 Å². The third-order valence-corrected chi connectivity index (χ3v) is 2.65. The molecule has 0 radical (unpaired) electrons. The first-order chi connectivity index (χ1) is 7.35. The molecular formula is C12H14N2O. The zero-order chi connectivity index (χ0) is 10.7. The molecule has 1 heterocycles. The van der Waals surface area contributed by atoms with E-state index in [1.54, 1.807) is 7.05 Å². The number of benzene rings is 1. The van der Waals surface area contributed by atoms with Crippen LogP contribution in [0.15, 0.2) is 30.5 Å². The van der Waals surface area contributed by atoms with Crippen LogP contribution in [0, 0.1) is 0 Å². The van der Waals surface area contributed by atoms with Crippen molar-refractivity contribution in [2.24, 2.45) is 0 Å². The molecule has 0 saturated carbocycles. The number of likely N-dealkylation sites (N-methyl/N-ethyl adjacent to an activating group) is 1. The lowest BCUT2D eigenvalue weighted by molar-refractivity contribution is -0.109. The van der Waals surface area contributed by atoms with Gasteiger partial charge < -0.3 is 15.1 Å². The summed E-state index contributed by atoms with van der Waals surface area (Å²) in [5.74, 6) is 0. The molecule has 0 spiro atoms. The van der Waals surface area contributed by atoms with Crippen LogP contribution in [-0.2, 0) is 11.2 Å². The summed E-state index contributed by atoms with van der Waals surface area (Å²) in [5.41, 5.74) is 2.30. The number of carbonyl (C=O) groups excluding carboxylic acids is 1. The Kier molecular flexibility index (Phi) is 2.83. The van der Waals surface area contributed by atoms with Gasteiger partial charge in [-0.1, -0.05) is 18.2 Å². The minimum absolute atomic E-state index is 0.107. The number of aromatic amines is 1. The van der Waals surface area contributed by atoms with Gasteiger partial charge in [-0.05, 0) is 25.1 Å². The number of H-pyrrole nitrogens is 1. The third-order valence-electron chi connectivity index (χ3n) is 2.65. The monoisotopic (exact) mass is 202 g/mol. The highest BCUT2D eigenvalue weighted by atomic mass is 16.1. The van der Waals surface area contributed by atoms with Crippen molar-refractivity contribution < 1.29 is 4.79 Å². The quantitative estimate of drug-likeness (QED) is 0.738. The zero-order valence-corrected chi connectivity index (χ0v) is 8.66. The number of hydrogen-bond donors (Lipinski definition) is 2. The molecule has 0 amide bonds. The number of aldehydes is 1. The molecule has 1 aromatic carbocycles. The normalized spacial score (nSPS) is 12.9. The van der Waals surface area contributed by atoms with Crippen LogP contribution in [0.25, 0.3) is 10.9 Å². The number of carbonyl (C=O) groups is 1. The van der Waals surface area contributed by atoms with Crippen LogP contribution < -0.4 is 5.32 Å². The Morgan fingerprint density at radius 3 is 3.00 bits per heavy atom. The average Bonchev–Trinajstić information content (AvgIpc) is 2.69. The number of aromatic nitrogens is 1. The van der Waals surface area contributed by atoms with Crippen molar-refractivity contribution in [1.82, 2.24) is 10.3 Å². The van der Waals surface area contributed by atoms with Crippen LogP contribution in [0.1, 0.15) is 5.56 Å². The predicted octanol–water partition coefficient (Wildman–Crippen LogP) is 1.50. The standard InChI is InChI=1S/C12H14N2O/c1-13-10(8-15)6-9-7-14-12-5-3-2-4-11(9)12/h2-5,7-8,10,13-14H,6H2,1H3/t10-/m1/s1. The van der Waals surface area contributed by atoms with E-state index in [2.05, 4.69) is 16.4 Å². The Morgan fingerprint density at radius 1 is 1.47 bits per heavy atom. The second-order valence-electron chi connectivity index (χ2n) is 3.59. The van der Waals surface area contributed by atoms with Gasteiger partial charge >= 0.3 is 0 Å². The van der Waals surface area contributed by atoms with E-state index in [0.717, 1.165) is 18.2 Å². The molecule has 1 aromatic heterocycles. The molecule has 2 rings (SSSR count). The molecule has 78 valence electrons. The van der Waals surface area contributed by atoms with Crippen LogP contribution in [0.2, 0.25) is 0 Å².